The summed E-state index contributed by atoms with van der Waals surface area (Å²) in [7, 11) is 0. The van der Waals surface area contributed by atoms with Gasteiger partial charge in [0.1, 0.15) is 12.4 Å². The molecule has 0 aliphatic rings. The normalized spacial score (nSPS) is 11.1. The fraction of sp³-hybridized carbons (Fsp3) is 0.120. The van der Waals surface area contributed by atoms with Crippen molar-refractivity contribution in [1.82, 2.24) is 14.8 Å². The lowest BCUT2D eigenvalue weighted by molar-refractivity contribution is 0.269. The second-order valence-corrected chi connectivity index (χ2v) is 7.88. The first kappa shape index (κ1) is 22.8. The molecule has 0 saturated heterocycles. The van der Waals surface area contributed by atoms with E-state index in [9.17, 15) is 4.39 Å². The molecule has 168 valence electrons. The van der Waals surface area contributed by atoms with E-state index >= 15 is 0 Å². The number of ether oxygens (including phenoxy) is 2. The highest BCUT2D eigenvalue weighted by molar-refractivity contribution is 7.71. The molecule has 4 aromatic rings. The second-order valence-electron chi connectivity index (χ2n) is 7.09. The Kier molecular flexibility index (Phi) is 7.22. The molecule has 0 aliphatic heterocycles. The molecule has 1 N–H and O–H groups in total. The molecular weight excluding hydrogens is 461 g/mol. The molecule has 0 unspecified atom stereocenters. The quantitative estimate of drug-likeness (QED) is 0.275. The van der Waals surface area contributed by atoms with E-state index in [1.165, 1.54) is 12.1 Å². The van der Waals surface area contributed by atoms with E-state index in [-0.39, 0.29) is 12.4 Å². The van der Waals surface area contributed by atoms with Crippen molar-refractivity contribution in [3.63, 3.8) is 0 Å². The van der Waals surface area contributed by atoms with Gasteiger partial charge >= 0.3 is 0 Å². The Labute approximate surface area is 201 Å². The molecule has 3 aromatic carbocycles. The molecule has 0 aliphatic carbocycles. The number of H-pyrrole nitrogens is 1. The van der Waals surface area contributed by atoms with E-state index in [2.05, 4.69) is 10.2 Å². The lowest BCUT2D eigenvalue weighted by Crippen LogP contribution is -2.01. The number of nitrogens with one attached hydrogen (secondary N) is 1. The number of aromatic amines is 1. The molecular formula is C25H21ClFN3O2S. The molecule has 1 aromatic heterocycles. The first-order valence-corrected chi connectivity index (χ1v) is 11.1. The molecule has 0 amide bonds. The third-order valence-corrected chi connectivity index (χ3v) is 5.33. The summed E-state index contributed by atoms with van der Waals surface area (Å²) in [5, 5.41) is 7.55. The van der Waals surface area contributed by atoms with Gasteiger partial charge in [0.15, 0.2) is 22.1 Å². The summed E-state index contributed by atoms with van der Waals surface area (Å²) in [6.07, 6.45) is 3.69. The first-order valence-electron chi connectivity index (χ1n) is 10.3. The molecule has 4 rings (SSSR count). The van der Waals surface area contributed by atoms with Crippen molar-refractivity contribution in [3.05, 3.63) is 93.5 Å². The van der Waals surface area contributed by atoms with E-state index in [0.29, 0.717) is 39.3 Å². The van der Waals surface area contributed by atoms with Crippen LogP contribution in [0.3, 0.4) is 0 Å². The van der Waals surface area contributed by atoms with Crippen LogP contribution in [0.15, 0.2) is 66.7 Å². The van der Waals surface area contributed by atoms with E-state index in [4.69, 9.17) is 33.3 Å². The van der Waals surface area contributed by atoms with Crippen LogP contribution < -0.4 is 9.47 Å². The molecule has 0 atom stereocenters. The predicted molar refractivity (Wildman–Crippen MR) is 131 cm³/mol. The largest absolute Gasteiger partial charge is 0.490 e. The number of nitrogens with zero attached hydrogens (tertiary/aromatic N) is 2. The molecule has 0 bridgehead atoms. The molecule has 0 saturated carbocycles. The highest BCUT2D eigenvalue weighted by atomic mass is 35.5. The Bertz CT molecular complexity index is 1340. The van der Waals surface area contributed by atoms with Crippen molar-refractivity contribution in [2.75, 3.05) is 6.61 Å². The summed E-state index contributed by atoms with van der Waals surface area (Å²) in [6, 6.07) is 19.6. The summed E-state index contributed by atoms with van der Waals surface area (Å²) in [5.74, 6) is 1.29. The van der Waals surface area contributed by atoms with Crippen LogP contribution in [0.5, 0.6) is 11.5 Å². The summed E-state index contributed by atoms with van der Waals surface area (Å²) >= 11 is 11.9. The minimum Gasteiger partial charge on any atom is -0.490 e. The van der Waals surface area contributed by atoms with E-state index in [1.54, 1.807) is 22.8 Å². The van der Waals surface area contributed by atoms with Crippen LogP contribution in [0, 0.1) is 10.6 Å². The van der Waals surface area contributed by atoms with Gasteiger partial charge in [0, 0.05) is 11.8 Å². The van der Waals surface area contributed by atoms with Gasteiger partial charge in [-0.15, -0.1) is 0 Å². The van der Waals surface area contributed by atoms with Crippen LogP contribution in [-0.2, 0) is 6.61 Å². The van der Waals surface area contributed by atoms with Crippen molar-refractivity contribution in [3.8, 4) is 22.9 Å². The molecule has 33 heavy (non-hydrogen) atoms. The van der Waals surface area contributed by atoms with Crippen molar-refractivity contribution in [1.29, 1.82) is 0 Å². The van der Waals surface area contributed by atoms with Gasteiger partial charge in [0.25, 0.3) is 0 Å². The smallest absolute Gasteiger partial charge is 0.199 e. The summed E-state index contributed by atoms with van der Waals surface area (Å²) in [5.41, 5.74) is 2.42. The summed E-state index contributed by atoms with van der Waals surface area (Å²) < 4.78 is 27.4. The number of aromatic nitrogens is 3. The average Bonchev–Trinajstić information content (AvgIpc) is 3.18. The zero-order valence-corrected chi connectivity index (χ0v) is 19.4. The van der Waals surface area contributed by atoms with Gasteiger partial charge in [-0.3, -0.25) is 9.67 Å². The number of rotatable bonds is 8. The predicted octanol–water partition coefficient (Wildman–Crippen LogP) is 7.01. The van der Waals surface area contributed by atoms with Gasteiger partial charge in [0.05, 0.1) is 11.6 Å². The molecule has 8 heteroatoms. The maximum absolute atomic E-state index is 13.5. The van der Waals surface area contributed by atoms with Gasteiger partial charge in [-0.25, -0.2) is 4.39 Å². The van der Waals surface area contributed by atoms with Crippen LogP contribution in [0.1, 0.15) is 18.1 Å². The Morgan fingerprint density at radius 2 is 1.91 bits per heavy atom. The molecule has 5 nitrogen and oxygen atoms in total. The monoisotopic (exact) mass is 481 g/mol. The maximum Gasteiger partial charge on any atom is 0.199 e. The first-order chi connectivity index (χ1) is 16.0. The lowest BCUT2D eigenvalue weighted by Gasteiger charge is -2.14. The number of halogens is 2. The zero-order chi connectivity index (χ0) is 23.2. The average molecular weight is 482 g/mol. The van der Waals surface area contributed by atoms with Crippen molar-refractivity contribution in [2.24, 2.45) is 0 Å². The van der Waals surface area contributed by atoms with Gasteiger partial charge in [0.2, 0.25) is 0 Å². The van der Waals surface area contributed by atoms with Crippen molar-refractivity contribution in [2.45, 2.75) is 13.5 Å². The highest BCUT2D eigenvalue weighted by Crippen LogP contribution is 2.37. The maximum atomic E-state index is 13.5. The van der Waals surface area contributed by atoms with Crippen LogP contribution >= 0.6 is 23.8 Å². The molecule has 1 heterocycles. The highest BCUT2D eigenvalue weighted by Gasteiger charge is 2.13. The Morgan fingerprint density at radius 3 is 2.67 bits per heavy atom. The van der Waals surface area contributed by atoms with Crippen LogP contribution in [0.2, 0.25) is 5.02 Å². The van der Waals surface area contributed by atoms with Crippen LogP contribution in [0.25, 0.3) is 23.7 Å². The standard InChI is InChI=1S/C25H21ClFN3O2S/c1-2-31-22-15-17(14-21(26)23(22)32-16-18-7-6-10-20(27)13-18)11-12-30-24(28-29-25(30)33)19-8-4-3-5-9-19/h3-15H,2,16H2,1H3,(H,29,33)/b12-11+. The lowest BCUT2D eigenvalue weighted by atomic mass is 10.2. The second kappa shape index (κ2) is 10.5. The van der Waals surface area contributed by atoms with E-state index < -0.39 is 0 Å². The Hall–Kier alpha value is -3.42. The van der Waals surface area contributed by atoms with Crippen LogP contribution in [-0.4, -0.2) is 21.4 Å². The van der Waals surface area contributed by atoms with E-state index in [0.717, 1.165) is 11.1 Å². The van der Waals surface area contributed by atoms with Gasteiger partial charge < -0.3 is 9.47 Å². The SMILES string of the molecule is CCOc1cc(/C=C/n2c(-c3ccccc3)n[nH]c2=S)cc(Cl)c1OCc1cccc(F)c1. The third-order valence-electron chi connectivity index (χ3n) is 4.76. The topological polar surface area (TPSA) is 52.1 Å². The summed E-state index contributed by atoms with van der Waals surface area (Å²) in [6.45, 7) is 2.48. The minimum absolute atomic E-state index is 0.164. The van der Waals surface area contributed by atoms with Gasteiger partial charge in [-0.05, 0) is 60.6 Å². The number of hydrogen-bond acceptors (Lipinski definition) is 4. The van der Waals surface area contributed by atoms with Crippen molar-refractivity contribution < 1.29 is 13.9 Å². The summed E-state index contributed by atoms with van der Waals surface area (Å²) in [4.78, 5) is 0. The molecule has 0 fully saturated rings. The Morgan fingerprint density at radius 1 is 1.09 bits per heavy atom. The molecule has 0 spiro atoms. The fourth-order valence-corrected chi connectivity index (χ4v) is 3.73. The third kappa shape index (κ3) is 5.50. The number of hydrogen-bond donors (Lipinski definition) is 1. The van der Waals surface area contributed by atoms with Crippen molar-refractivity contribution >= 4 is 36.1 Å². The minimum atomic E-state index is -0.319. The molecule has 0 radical (unpaired) electrons. The van der Waals surface area contributed by atoms with Gasteiger partial charge in [-0.2, -0.15) is 5.10 Å². The van der Waals surface area contributed by atoms with E-state index in [1.807, 2.05) is 55.6 Å². The Balaban J connectivity index is 1.61. The van der Waals surface area contributed by atoms with Gasteiger partial charge in [-0.1, -0.05) is 54.1 Å². The fourth-order valence-electron chi connectivity index (χ4n) is 3.26. The zero-order valence-electron chi connectivity index (χ0n) is 17.8. The van der Waals surface area contributed by atoms with Crippen LogP contribution in [0.4, 0.5) is 4.39 Å². The number of benzene rings is 3.